The van der Waals surface area contributed by atoms with E-state index in [2.05, 4.69) is 26.2 Å². The van der Waals surface area contributed by atoms with Crippen LogP contribution in [0.15, 0.2) is 34.2 Å². The fourth-order valence-corrected chi connectivity index (χ4v) is 2.37. The molecule has 2 aromatic rings. The van der Waals surface area contributed by atoms with E-state index >= 15 is 0 Å². The van der Waals surface area contributed by atoms with Crippen molar-refractivity contribution < 1.29 is 4.79 Å². The van der Waals surface area contributed by atoms with Gasteiger partial charge < -0.3 is 11.1 Å². The van der Waals surface area contributed by atoms with Gasteiger partial charge in [0.05, 0.1) is 20.5 Å². The molecular weight excluding hydrogens is 290 g/mol. The average Bonchev–Trinajstić information content (AvgIpc) is 2.68. The van der Waals surface area contributed by atoms with E-state index in [4.69, 9.17) is 5.73 Å². The van der Waals surface area contributed by atoms with Crippen molar-refractivity contribution in [1.29, 1.82) is 0 Å². The first-order chi connectivity index (χ1) is 7.65. The summed E-state index contributed by atoms with van der Waals surface area (Å²) >= 11 is 4.67. The monoisotopic (exact) mass is 297 g/mol. The van der Waals surface area contributed by atoms with Gasteiger partial charge in [-0.15, -0.1) is 11.3 Å². The molecule has 0 aromatic carbocycles. The van der Waals surface area contributed by atoms with Crippen LogP contribution in [0.2, 0.25) is 0 Å². The highest BCUT2D eigenvalue weighted by molar-refractivity contribution is 9.11. The van der Waals surface area contributed by atoms with Crippen molar-refractivity contribution in [3.05, 3.63) is 39.1 Å². The molecule has 3 N–H and O–H groups in total. The Morgan fingerprint density at radius 1 is 1.38 bits per heavy atom. The van der Waals surface area contributed by atoms with Crippen LogP contribution in [0.4, 0.5) is 11.5 Å². The highest BCUT2D eigenvalue weighted by Crippen LogP contribution is 2.22. The lowest BCUT2D eigenvalue weighted by Gasteiger charge is -2.02. The molecular formula is C10H8BrN3OS. The molecule has 2 rings (SSSR count). The standard InChI is InChI=1S/C10H8BrN3OS/c11-8-3-2-7(16-8)10(15)14-9-4-1-6(12)5-13-9/h1-5H,12H2,(H,13,14,15). The Balaban J connectivity index is 2.10. The second-order valence-electron chi connectivity index (χ2n) is 3.03. The van der Waals surface area contributed by atoms with Crippen molar-refractivity contribution in [2.45, 2.75) is 0 Å². The number of nitrogens with one attached hydrogen (secondary N) is 1. The van der Waals surface area contributed by atoms with Crippen molar-refractivity contribution >= 4 is 44.7 Å². The Bertz CT molecular complexity index is 509. The van der Waals surface area contributed by atoms with E-state index in [1.165, 1.54) is 17.5 Å². The summed E-state index contributed by atoms with van der Waals surface area (Å²) in [6.07, 6.45) is 1.50. The molecule has 0 fully saturated rings. The number of halogens is 1. The van der Waals surface area contributed by atoms with Crippen LogP contribution in [0.25, 0.3) is 0 Å². The lowest BCUT2D eigenvalue weighted by molar-refractivity contribution is 0.103. The van der Waals surface area contributed by atoms with Crippen LogP contribution in [0.3, 0.4) is 0 Å². The molecule has 0 aliphatic rings. The highest BCUT2D eigenvalue weighted by atomic mass is 79.9. The van der Waals surface area contributed by atoms with Gasteiger partial charge in [-0.3, -0.25) is 4.79 Å². The van der Waals surface area contributed by atoms with E-state index < -0.39 is 0 Å². The minimum atomic E-state index is -0.173. The molecule has 6 heteroatoms. The predicted molar refractivity (Wildman–Crippen MR) is 68.6 cm³/mol. The first-order valence-corrected chi connectivity index (χ1v) is 6.04. The second-order valence-corrected chi connectivity index (χ2v) is 5.50. The molecule has 82 valence electrons. The Kier molecular flexibility index (Phi) is 3.21. The van der Waals surface area contributed by atoms with Crippen LogP contribution in [-0.2, 0) is 0 Å². The van der Waals surface area contributed by atoms with Gasteiger partial charge in [-0.2, -0.15) is 0 Å². The second kappa shape index (κ2) is 4.63. The summed E-state index contributed by atoms with van der Waals surface area (Å²) in [4.78, 5) is 16.3. The Hall–Kier alpha value is -1.40. The molecule has 2 aromatic heterocycles. The van der Waals surface area contributed by atoms with E-state index in [9.17, 15) is 4.79 Å². The number of hydrogen-bond donors (Lipinski definition) is 2. The van der Waals surface area contributed by atoms with Gasteiger partial charge in [-0.1, -0.05) is 0 Å². The number of carbonyl (C=O) groups excluding carboxylic acids is 1. The van der Waals surface area contributed by atoms with Crippen LogP contribution in [0.1, 0.15) is 9.67 Å². The summed E-state index contributed by atoms with van der Waals surface area (Å²) in [5.74, 6) is 0.316. The number of anilines is 2. The molecule has 0 saturated carbocycles. The number of nitrogens with zero attached hydrogens (tertiary/aromatic N) is 1. The zero-order valence-corrected chi connectivity index (χ0v) is 10.5. The van der Waals surface area contributed by atoms with Crippen molar-refractivity contribution in [3.63, 3.8) is 0 Å². The van der Waals surface area contributed by atoms with Gasteiger partial charge in [0.2, 0.25) is 0 Å². The maximum Gasteiger partial charge on any atom is 0.266 e. The minimum Gasteiger partial charge on any atom is -0.397 e. The topological polar surface area (TPSA) is 68.0 Å². The fraction of sp³-hybridized carbons (Fsp3) is 0. The van der Waals surface area contributed by atoms with Crippen LogP contribution in [-0.4, -0.2) is 10.9 Å². The largest absolute Gasteiger partial charge is 0.397 e. The first kappa shape index (κ1) is 11.1. The zero-order valence-electron chi connectivity index (χ0n) is 8.11. The van der Waals surface area contributed by atoms with Gasteiger partial charge in [0.15, 0.2) is 0 Å². The molecule has 0 bridgehead atoms. The molecule has 4 nitrogen and oxygen atoms in total. The third-order valence-electron chi connectivity index (χ3n) is 1.82. The third kappa shape index (κ3) is 2.59. The summed E-state index contributed by atoms with van der Waals surface area (Å²) in [7, 11) is 0. The van der Waals surface area contributed by atoms with E-state index in [0.717, 1.165) is 3.79 Å². The number of rotatable bonds is 2. The normalized spacial score (nSPS) is 10.1. The molecule has 1 amide bonds. The number of aromatic nitrogens is 1. The molecule has 0 aliphatic heterocycles. The maximum absolute atomic E-state index is 11.7. The van der Waals surface area contributed by atoms with Gasteiger partial charge in [0, 0.05) is 0 Å². The van der Waals surface area contributed by atoms with E-state index in [-0.39, 0.29) is 5.91 Å². The quantitative estimate of drug-likeness (QED) is 0.895. The van der Waals surface area contributed by atoms with Crippen LogP contribution >= 0.6 is 27.3 Å². The number of hydrogen-bond acceptors (Lipinski definition) is 4. The summed E-state index contributed by atoms with van der Waals surface area (Å²) < 4.78 is 0.919. The average molecular weight is 298 g/mol. The van der Waals surface area contributed by atoms with Crippen molar-refractivity contribution in [3.8, 4) is 0 Å². The van der Waals surface area contributed by atoms with Gasteiger partial charge in [-0.05, 0) is 40.2 Å². The van der Waals surface area contributed by atoms with Crippen molar-refractivity contribution in [2.24, 2.45) is 0 Å². The van der Waals surface area contributed by atoms with Crippen LogP contribution < -0.4 is 11.1 Å². The molecule has 2 heterocycles. The molecule has 0 unspecified atom stereocenters. The lowest BCUT2D eigenvalue weighted by Crippen LogP contribution is -2.11. The Morgan fingerprint density at radius 3 is 2.75 bits per heavy atom. The molecule has 0 aliphatic carbocycles. The number of nitrogen functional groups attached to an aromatic ring is 1. The highest BCUT2D eigenvalue weighted by Gasteiger charge is 2.08. The van der Waals surface area contributed by atoms with E-state index in [1.807, 2.05) is 6.07 Å². The summed E-state index contributed by atoms with van der Waals surface area (Å²) in [5, 5.41) is 2.68. The lowest BCUT2D eigenvalue weighted by atomic mass is 10.4. The van der Waals surface area contributed by atoms with Gasteiger partial charge in [-0.25, -0.2) is 4.98 Å². The number of carbonyl (C=O) groups is 1. The van der Waals surface area contributed by atoms with E-state index in [0.29, 0.717) is 16.4 Å². The SMILES string of the molecule is Nc1ccc(NC(=O)c2ccc(Br)s2)nc1. The number of nitrogens with two attached hydrogens (primary N) is 1. The molecule has 0 spiro atoms. The van der Waals surface area contributed by atoms with E-state index in [1.54, 1.807) is 18.2 Å². The third-order valence-corrected chi connectivity index (χ3v) is 3.45. The Morgan fingerprint density at radius 2 is 2.19 bits per heavy atom. The number of pyridine rings is 1. The van der Waals surface area contributed by atoms with Crippen LogP contribution in [0.5, 0.6) is 0 Å². The van der Waals surface area contributed by atoms with Crippen molar-refractivity contribution in [2.75, 3.05) is 11.1 Å². The Labute approximate surface area is 105 Å². The first-order valence-electron chi connectivity index (χ1n) is 4.43. The summed E-state index contributed by atoms with van der Waals surface area (Å²) in [6, 6.07) is 6.93. The fourth-order valence-electron chi connectivity index (χ4n) is 1.09. The predicted octanol–water partition coefficient (Wildman–Crippen LogP) is 2.74. The molecule has 0 radical (unpaired) electrons. The number of thiophene rings is 1. The molecule has 0 atom stereocenters. The smallest absolute Gasteiger partial charge is 0.266 e. The van der Waals surface area contributed by atoms with Gasteiger partial charge >= 0.3 is 0 Å². The molecule has 0 saturated heterocycles. The summed E-state index contributed by atoms with van der Waals surface area (Å²) in [6.45, 7) is 0. The maximum atomic E-state index is 11.7. The van der Waals surface area contributed by atoms with Crippen molar-refractivity contribution in [1.82, 2.24) is 4.98 Å². The number of amides is 1. The molecule has 16 heavy (non-hydrogen) atoms. The minimum absolute atomic E-state index is 0.173. The zero-order chi connectivity index (χ0) is 11.5. The summed E-state index contributed by atoms with van der Waals surface area (Å²) in [5.41, 5.74) is 6.06. The van der Waals surface area contributed by atoms with Gasteiger partial charge in [0.1, 0.15) is 5.82 Å². The van der Waals surface area contributed by atoms with Crippen LogP contribution in [0, 0.1) is 0 Å². The van der Waals surface area contributed by atoms with Gasteiger partial charge in [0.25, 0.3) is 5.91 Å².